The molecule has 4 aromatic carbocycles. The van der Waals surface area contributed by atoms with Gasteiger partial charge in [0.05, 0.1) is 52.6 Å². The van der Waals surface area contributed by atoms with E-state index in [1.807, 2.05) is 87.5 Å². The van der Waals surface area contributed by atoms with E-state index in [1.54, 1.807) is 7.11 Å². The lowest BCUT2D eigenvalue weighted by atomic mass is 9.82. The number of nitrogens with zero attached hydrogens (tertiary/aromatic N) is 3. The van der Waals surface area contributed by atoms with E-state index in [-0.39, 0.29) is 48.3 Å². The van der Waals surface area contributed by atoms with Gasteiger partial charge >= 0.3 is 0 Å². The molecule has 3 amide bonds. The van der Waals surface area contributed by atoms with Gasteiger partial charge in [-0.2, -0.15) is 0 Å². The molecule has 0 bridgehead atoms. The highest BCUT2D eigenvalue weighted by atomic mass is 28.3. The highest BCUT2D eigenvalue weighted by Gasteiger charge is 2.66. The number of aliphatic hydroxyl groups excluding tert-OH is 1. The van der Waals surface area contributed by atoms with Gasteiger partial charge in [0.25, 0.3) is 5.91 Å². The quantitative estimate of drug-likeness (QED) is 0.201. The van der Waals surface area contributed by atoms with Crippen LogP contribution in [0.1, 0.15) is 54.9 Å². The van der Waals surface area contributed by atoms with Crippen LogP contribution < -0.4 is 19.7 Å². The Hall–Kier alpha value is -4.77. The van der Waals surface area contributed by atoms with Crippen LogP contribution in [0.2, 0.25) is 18.6 Å². The van der Waals surface area contributed by atoms with E-state index in [0.29, 0.717) is 32.5 Å². The molecule has 0 radical (unpaired) electrons. The Labute approximate surface area is 324 Å². The first-order chi connectivity index (χ1) is 26.6. The smallest absolute Gasteiger partial charge is 0.264 e. The van der Waals surface area contributed by atoms with Crippen molar-refractivity contribution in [1.29, 1.82) is 0 Å². The Bertz CT molecular complexity index is 2090. The molecule has 4 heterocycles. The number of ether oxygens (including phenoxy) is 2. The van der Waals surface area contributed by atoms with Crippen molar-refractivity contribution in [1.82, 2.24) is 4.90 Å². The molecule has 1 N–H and O–H groups in total. The third-order valence-corrected chi connectivity index (χ3v) is 17.3. The van der Waals surface area contributed by atoms with Crippen LogP contribution in [0.25, 0.3) is 0 Å². The number of carbonyl (C=O) groups excluding carboxylic acids is 3. The van der Waals surface area contributed by atoms with Crippen molar-refractivity contribution < 1.29 is 29.0 Å². The number of hydrogen-bond acceptors (Lipinski definition) is 6. The molecule has 0 saturated carbocycles. The lowest BCUT2D eigenvalue weighted by Gasteiger charge is -2.39. The van der Waals surface area contributed by atoms with Crippen LogP contribution in [0.15, 0.2) is 97.1 Å². The highest BCUT2D eigenvalue weighted by molar-refractivity contribution is 6.91. The van der Waals surface area contributed by atoms with Crippen LogP contribution in [0.3, 0.4) is 0 Å². The number of piperidine rings is 1. The fourth-order valence-electron chi connectivity index (χ4n) is 10.0. The summed E-state index contributed by atoms with van der Waals surface area (Å²) in [6.07, 6.45) is 2.36. The maximum Gasteiger partial charge on any atom is 0.264 e. The zero-order valence-electron chi connectivity index (χ0n) is 32.2. The minimum Gasteiger partial charge on any atom is -0.497 e. The maximum atomic E-state index is 15.4. The van der Waals surface area contributed by atoms with Gasteiger partial charge in [0.2, 0.25) is 11.8 Å². The Morgan fingerprint density at radius 1 is 0.945 bits per heavy atom. The first-order valence-electron chi connectivity index (χ1n) is 19.7. The number of methoxy groups -OCH3 is 1. The Morgan fingerprint density at radius 3 is 2.38 bits per heavy atom. The number of aliphatic hydroxyl groups is 1. The van der Waals surface area contributed by atoms with Crippen LogP contribution in [-0.4, -0.2) is 68.2 Å². The molecule has 0 aromatic heterocycles. The lowest BCUT2D eigenvalue weighted by molar-refractivity contribution is -0.151. The highest BCUT2D eigenvalue weighted by Crippen LogP contribution is 2.60. The topological polar surface area (TPSA) is 99.6 Å². The van der Waals surface area contributed by atoms with Gasteiger partial charge in [-0.25, -0.2) is 0 Å². The molecule has 0 unspecified atom stereocenters. The normalized spacial score (nSPS) is 25.0. The first kappa shape index (κ1) is 37.2. The molecule has 8 rings (SSSR count). The molecule has 55 heavy (non-hydrogen) atoms. The van der Waals surface area contributed by atoms with Gasteiger partial charge in [-0.3, -0.25) is 14.4 Å². The van der Waals surface area contributed by atoms with Gasteiger partial charge in [-0.05, 0) is 71.8 Å². The molecule has 286 valence electrons. The number of anilines is 2. The molecule has 5 atom stereocenters. The van der Waals surface area contributed by atoms with Gasteiger partial charge in [0, 0.05) is 36.7 Å². The van der Waals surface area contributed by atoms with Gasteiger partial charge in [-0.15, -0.1) is 0 Å². The number of rotatable bonds is 9. The van der Waals surface area contributed by atoms with E-state index >= 15 is 4.79 Å². The molecule has 1 spiro atoms. The Balaban J connectivity index is 1.24. The van der Waals surface area contributed by atoms with Gasteiger partial charge in [0.15, 0.2) is 5.60 Å². The van der Waals surface area contributed by atoms with Gasteiger partial charge in [0.1, 0.15) is 5.75 Å². The minimum atomic E-state index is -2.54. The van der Waals surface area contributed by atoms with Crippen molar-refractivity contribution in [2.45, 2.75) is 88.5 Å². The summed E-state index contributed by atoms with van der Waals surface area (Å²) in [5, 5.41) is 11.7. The summed E-state index contributed by atoms with van der Waals surface area (Å²) in [7, 11) is -0.884. The molecule has 2 saturated heterocycles. The second kappa shape index (κ2) is 14.7. The predicted octanol–water partition coefficient (Wildman–Crippen LogP) is 6.31. The van der Waals surface area contributed by atoms with Crippen LogP contribution in [0.5, 0.6) is 5.75 Å². The SMILES string of the molecule is COc1ccc([Si](C)(C)[C@H]2[C@H](CC(=O)N3Cc4ccccc4C[C@H]3CO)O[C@@]3(C(=O)N(Cc4ccccc4)c4ccc(N5CCCCC5=O)cc43)[C@@H]2C)cc1. The molecule has 10 heteroatoms. The van der Waals surface area contributed by atoms with Crippen molar-refractivity contribution in [3.63, 3.8) is 0 Å². The molecular weight excluding hydrogens is 707 g/mol. The van der Waals surface area contributed by atoms with Gasteiger partial charge in [-0.1, -0.05) is 91.9 Å². The van der Waals surface area contributed by atoms with Crippen molar-refractivity contribution in [3.05, 3.63) is 119 Å². The molecule has 2 fully saturated rings. The summed E-state index contributed by atoms with van der Waals surface area (Å²) in [6, 6.07) is 31.9. The third-order valence-electron chi connectivity index (χ3n) is 12.9. The zero-order chi connectivity index (χ0) is 38.5. The fraction of sp³-hybridized carbons (Fsp3) is 0.400. The van der Waals surface area contributed by atoms with Crippen LogP contribution in [0, 0.1) is 5.92 Å². The first-order valence-corrected chi connectivity index (χ1v) is 22.7. The van der Waals surface area contributed by atoms with Crippen LogP contribution in [0.4, 0.5) is 11.4 Å². The van der Waals surface area contributed by atoms with Crippen LogP contribution >= 0.6 is 0 Å². The summed E-state index contributed by atoms with van der Waals surface area (Å²) in [5.41, 5.74) is 4.01. The standard InChI is InChI=1S/C45H51N3O6Si/c1-30-43(55(3,4)37-20-18-36(53-2)19-21-37)40(26-42(51)47-28-33-15-9-8-14-32(33)24-35(47)29-49)54-45(30)38-25-34(46-23-11-10-16-41(46)50)17-22-39(38)48(44(45)52)27-31-12-6-5-7-13-31/h5-9,12-15,17-22,25,30,35,40,43,49H,10-11,16,23-24,26-29H2,1-4H3/t30-,35+,40+,43-,45+/m1/s1. The Morgan fingerprint density at radius 2 is 1.67 bits per heavy atom. The maximum absolute atomic E-state index is 15.4. The molecular formula is C45H51N3O6Si. The molecule has 4 aliphatic rings. The van der Waals surface area contributed by atoms with Gasteiger partial charge < -0.3 is 29.3 Å². The summed E-state index contributed by atoms with van der Waals surface area (Å²) in [4.78, 5) is 48.8. The number of benzene rings is 4. The van der Waals surface area contributed by atoms with E-state index in [9.17, 15) is 14.7 Å². The monoisotopic (exact) mass is 757 g/mol. The van der Waals surface area contributed by atoms with E-state index in [1.165, 1.54) is 5.19 Å². The van der Waals surface area contributed by atoms with Crippen molar-refractivity contribution in [3.8, 4) is 5.75 Å². The number of fused-ring (bicyclic) bond motifs is 3. The molecule has 4 aliphatic heterocycles. The van der Waals surface area contributed by atoms with E-state index in [4.69, 9.17) is 9.47 Å². The molecule has 4 aromatic rings. The minimum absolute atomic E-state index is 0.0770. The second-order valence-electron chi connectivity index (χ2n) is 16.3. The fourth-order valence-corrected chi connectivity index (χ4v) is 14.0. The average Bonchev–Trinajstić information content (AvgIpc) is 3.63. The van der Waals surface area contributed by atoms with E-state index < -0.39 is 19.8 Å². The number of amides is 3. The second-order valence-corrected chi connectivity index (χ2v) is 21.0. The van der Waals surface area contributed by atoms with Crippen molar-refractivity contribution in [2.75, 3.05) is 30.1 Å². The molecule has 0 aliphatic carbocycles. The Kier molecular flexibility index (Phi) is 9.94. The summed E-state index contributed by atoms with van der Waals surface area (Å²) >= 11 is 0. The van der Waals surface area contributed by atoms with E-state index in [0.717, 1.165) is 52.2 Å². The number of carbonyl (C=O) groups is 3. The molecule has 9 nitrogen and oxygen atoms in total. The average molecular weight is 758 g/mol. The third kappa shape index (κ3) is 6.38. The number of hydrogen-bond donors (Lipinski definition) is 1. The van der Waals surface area contributed by atoms with Crippen molar-refractivity contribution in [2.24, 2.45) is 5.92 Å². The zero-order valence-corrected chi connectivity index (χ0v) is 33.2. The summed E-state index contributed by atoms with van der Waals surface area (Å²) in [5.74, 6) is 0.308. The lowest BCUT2D eigenvalue weighted by Crippen LogP contribution is -2.52. The van der Waals surface area contributed by atoms with E-state index in [2.05, 4.69) is 44.3 Å². The van der Waals surface area contributed by atoms with Crippen molar-refractivity contribution >= 4 is 42.4 Å². The summed E-state index contributed by atoms with van der Waals surface area (Å²) < 4.78 is 12.9. The summed E-state index contributed by atoms with van der Waals surface area (Å²) in [6.45, 7) is 8.03. The van der Waals surface area contributed by atoms with Crippen LogP contribution in [-0.2, 0) is 44.2 Å². The predicted molar refractivity (Wildman–Crippen MR) is 216 cm³/mol. The largest absolute Gasteiger partial charge is 0.497 e.